The second kappa shape index (κ2) is 6.24. The number of nitrogens with one attached hydrogen (secondary N) is 1. The summed E-state index contributed by atoms with van der Waals surface area (Å²) in [7, 11) is 0. The van der Waals surface area contributed by atoms with Crippen LogP contribution >= 0.6 is 0 Å². The molecule has 2 rings (SSSR count). The van der Waals surface area contributed by atoms with Crippen molar-refractivity contribution in [2.24, 2.45) is 5.10 Å². The molecule has 106 valence electrons. The summed E-state index contributed by atoms with van der Waals surface area (Å²) in [5.74, 6) is 0. The van der Waals surface area contributed by atoms with Crippen molar-refractivity contribution in [1.29, 1.82) is 0 Å². The highest BCUT2D eigenvalue weighted by Gasteiger charge is 2.05. The van der Waals surface area contributed by atoms with Gasteiger partial charge in [0.15, 0.2) is 0 Å². The van der Waals surface area contributed by atoms with Gasteiger partial charge in [0.25, 0.3) is 11.4 Å². The van der Waals surface area contributed by atoms with Crippen LogP contribution in [0, 0.1) is 20.2 Å². The van der Waals surface area contributed by atoms with E-state index in [-0.39, 0.29) is 11.4 Å². The zero-order valence-electron chi connectivity index (χ0n) is 10.7. The Morgan fingerprint density at radius 3 is 2.24 bits per heavy atom. The van der Waals surface area contributed by atoms with Crippen LogP contribution in [0.4, 0.5) is 17.1 Å². The van der Waals surface area contributed by atoms with E-state index >= 15 is 0 Å². The number of anilines is 1. The summed E-state index contributed by atoms with van der Waals surface area (Å²) >= 11 is 0. The summed E-state index contributed by atoms with van der Waals surface area (Å²) in [4.78, 5) is 20.1. The molecule has 8 heteroatoms. The van der Waals surface area contributed by atoms with Crippen molar-refractivity contribution >= 4 is 23.3 Å². The minimum Gasteiger partial charge on any atom is -0.278 e. The first-order valence-corrected chi connectivity index (χ1v) is 5.84. The maximum atomic E-state index is 10.6. The van der Waals surface area contributed by atoms with Gasteiger partial charge in [-0.3, -0.25) is 25.7 Å². The normalized spacial score (nSPS) is 10.5. The Morgan fingerprint density at radius 2 is 1.62 bits per heavy atom. The number of nitrogens with zero attached hydrogens (tertiary/aromatic N) is 3. The molecule has 0 atom stereocenters. The number of benzene rings is 2. The molecule has 21 heavy (non-hydrogen) atoms. The lowest BCUT2D eigenvalue weighted by atomic mass is 10.2. The summed E-state index contributed by atoms with van der Waals surface area (Å²) in [5, 5.41) is 25.0. The fraction of sp³-hybridized carbons (Fsp3) is 0. The van der Waals surface area contributed by atoms with Crippen molar-refractivity contribution in [1.82, 2.24) is 0 Å². The number of rotatable bonds is 5. The maximum absolute atomic E-state index is 10.6. The number of nitro groups is 2. The van der Waals surface area contributed by atoms with Gasteiger partial charge in [0.2, 0.25) is 0 Å². The molecule has 0 unspecified atom stereocenters. The van der Waals surface area contributed by atoms with E-state index in [0.717, 1.165) is 0 Å². The predicted molar refractivity (Wildman–Crippen MR) is 77.4 cm³/mol. The van der Waals surface area contributed by atoms with E-state index in [1.165, 1.54) is 30.5 Å². The molecule has 0 saturated heterocycles. The second-order valence-corrected chi connectivity index (χ2v) is 4.03. The van der Waals surface area contributed by atoms with Gasteiger partial charge in [-0.2, -0.15) is 5.10 Å². The van der Waals surface area contributed by atoms with Crippen molar-refractivity contribution < 1.29 is 9.85 Å². The van der Waals surface area contributed by atoms with Crippen LogP contribution < -0.4 is 5.43 Å². The molecule has 0 bridgehead atoms. The highest BCUT2D eigenvalue weighted by Crippen LogP contribution is 2.17. The molecule has 0 aliphatic carbocycles. The van der Waals surface area contributed by atoms with Gasteiger partial charge in [-0.1, -0.05) is 6.07 Å². The molecule has 8 nitrogen and oxygen atoms in total. The molecule has 0 amide bonds. The van der Waals surface area contributed by atoms with Crippen LogP contribution in [0.15, 0.2) is 53.6 Å². The third kappa shape index (κ3) is 3.83. The fourth-order valence-electron chi connectivity index (χ4n) is 1.55. The van der Waals surface area contributed by atoms with E-state index in [9.17, 15) is 20.2 Å². The van der Waals surface area contributed by atoms with Crippen LogP contribution in [-0.2, 0) is 0 Å². The molecule has 0 spiro atoms. The monoisotopic (exact) mass is 286 g/mol. The van der Waals surface area contributed by atoms with Crippen LogP contribution in [0.5, 0.6) is 0 Å². The van der Waals surface area contributed by atoms with Crippen LogP contribution in [0.3, 0.4) is 0 Å². The van der Waals surface area contributed by atoms with E-state index in [1.807, 2.05) is 0 Å². The first-order chi connectivity index (χ1) is 10.1. The zero-order valence-corrected chi connectivity index (χ0v) is 10.7. The lowest BCUT2D eigenvalue weighted by molar-refractivity contribution is -0.385. The number of hydrogen-bond donors (Lipinski definition) is 1. The average molecular weight is 286 g/mol. The molecule has 0 aliphatic heterocycles. The number of hydrogen-bond acceptors (Lipinski definition) is 6. The molecule has 0 aliphatic rings. The third-order valence-electron chi connectivity index (χ3n) is 2.57. The first kappa shape index (κ1) is 14.1. The average Bonchev–Trinajstić information content (AvgIpc) is 2.48. The fourth-order valence-corrected chi connectivity index (χ4v) is 1.55. The molecule has 0 saturated carbocycles. The Balaban J connectivity index is 2.03. The molecular weight excluding hydrogens is 276 g/mol. The number of hydrazone groups is 1. The Morgan fingerprint density at radius 1 is 0.952 bits per heavy atom. The SMILES string of the molecule is O=[N+]([O-])c1ccc(/C=N\Nc2cccc([N+](=O)[O-])c2)cc1. The van der Waals surface area contributed by atoms with E-state index in [1.54, 1.807) is 24.3 Å². The van der Waals surface area contributed by atoms with Crippen molar-refractivity contribution in [3.63, 3.8) is 0 Å². The third-order valence-corrected chi connectivity index (χ3v) is 2.57. The van der Waals surface area contributed by atoms with E-state index in [2.05, 4.69) is 10.5 Å². The van der Waals surface area contributed by atoms with Crippen LogP contribution in [0.1, 0.15) is 5.56 Å². The first-order valence-electron chi connectivity index (χ1n) is 5.84. The van der Waals surface area contributed by atoms with Crippen LogP contribution in [-0.4, -0.2) is 16.1 Å². The van der Waals surface area contributed by atoms with Crippen LogP contribution in [0.25, 0.3) is 0 Å². The van der Waals surface area contributed by atoms with Gasteiger partial charge in [0.1, 0.15) is 0 Å². The lowest BCUT2D eigenvalue weighted by Gasteiger charge is -1.99. The van der Waals surface area contributed by atoms with Gasteiger partial charge in [0.05, 0.1) is 21.7 Å². The second-order valence-electron chi connectivity index (χ2n) is 4.03. The maximum Gasteiger partial charge on any atom is 0.271 e. The summed E-state index contributed by atoms with van der Waals surface area (Å²) in [6, 6.07) is 11.8. The quantitative estimate of drug-likeness (QED) is 0.516. The topological polar surface area (TPSA) is 111 Å². The molecular formula is C13H10N4O4. The number of nitro benzene ring substituents is 2. The predicted octanol–water partition coefficient (Wildman–Crippen LogP) is 2.95. The minimum absolute atomic E-state index is 0.00112. The van der Waals surface area contributed by atoms with E-state index in [4.69, 9.17) is 0 Å². The van der Waals surface area contributed by atoms with E-state index < -0.39 is 9.85 Å². The number of non-ortho nitro benzene ring substituents is 2. The van der Waals surface area contributed by atoms with Gasteiger partial charge in [-0.05, 0) is 23.8 Å². The highest BCUT2D eigenvalue weighted by molar-refractivity contribution is 5.80. The summed E-state index contributed by atoms with van der Waals surface area (Å²) < 4.78 is 0. The minimum atomic E-state index is -0.495. The van der Waals surface area contributed by atoms with Gasteiger partial charge < -0.3 is 0 Å². The Labute approximate surface area is 119 Å². The van der Waals surface area contributed by atoms with Gasteiger partial charge in [0, 0.05) is 24.3 Å². The molecule has 0 radical (unpaired) electrons. The van der Waals surface area contributed by atoms with Crippen LogP contribution in [0.2, 0.25) is 0 Å². The molecule has 2 aromatic carbocycles. The summed E-state index contributed by atoms with van der Waals surface area (Å²) in [6.07, 6.45) is 1.46. The Kier molecular flexibility index (Phi) is 4.20. The molecule has 1 N–H and O–H groups in total. The van der Waals surface area contributed by atoms with Crippen molar-refractivity contribution in [2.45, 2.75) is 0 Å². The smallest absolute Gasteiger partial charge is 0.271 e. The lowest BCUT2D eigenvalue weighted by Crippen LogP contribution is -1.93. The van der Waals surface area contributed by atoms with Gasteiger partial charge in [-0.15, -0.1) is 0 Å². The molecule has 0 aromatic heterocycles. The zero-order chi connectivity index (χ0) is 15.2. The summed E-state index contributed by atoms with van der Waals surface area (Å²) in [6.45, 7) is 0. The van der Waals surface area contributed by atoms with Gasteiger partial charge in [-0.25, -0.2) is 0 Å². The van der Waals surface area contributed by atoms with E-state index in [0.29, 0.717) is 11.3 Å². The Hall–Kier alpha value is -3.29. The van der Waals surface area contributed by atoms with Crippen molar-refractivity contribution in [2.75, 3.05) is 5.43 Å². The molecule has 0 heterocycles. The molecule has 0 fully saturated rings. The Bertz CT molecular complexity index is 698. The van der Waals surface area contributed by atoms with Gasteiger partial charge >= 0.3 is 0 Å². The summed E-state index contributed by atoms with van der Waals surface area (Å²) in [5.41, 5.74) is 3.76. The van der Waals surface area contributed by atoms with Crippen molar-refractivity contribution in [3.05, 3.63) is 74.3 Å². The standard InChI is InChI=1S/C13H10N4O4/c18-16(19)12-6-4-10(5-7-12)9-14-15-11-2-1-3-13(8-11)17(20)21/h1-9,15H/b14-9-. The largest absolute Gasteiger partial charge is 0.278 e. The highest BCUT2D eigenvalue weighted by atomic mass is 16.6. The molecule has 2 aromatic rings. The van der Waals surface area contributed by atoms with Crippen molar-refractivity contribution in [3.8, 4) is 0 Å².